The third-order valence-corrected chi connectivity index (χ3v) is 6.70. The number of rotatable bonds is 6. The first-order chi connectivity index (χ1) is 20.2. The van der Waals surface area contributed by atoms with Crippen molar-refractivity contribution in [2.45, 2.75) is 19.6 Å². The van der Waals surface area contributed by atoms with Crippen LogP contribution in [0.25, 0.3) is 27.7 Å². The molecule has 0 fully saturated rings. The molecule has 0 aliphatic heterocycles. The van der Waals surface area contributed by atoms with Crippen molar-refractivity contribution in [1.82, 2.24) is 24.4 Å². The van der Waals surface area contributed by atoms with Gasteiger partial charge in [-0.15, -0.1) is 0 Å². The standard InChI is InChI=1S/C30H22F3N7O2/c1-2-39-25(13-14-34-39)29(42)37-20-10-6-9-19(15-20)36-28(41)23-17-35-40-26(30(31,32)33)16-24(38-27(23)40)22-12-5-8-18-7-3-4-11-21(18)22/h3-17H,2H2,1H3,(H,36,41)(H,37,42). The molecule has 3 aromatic carbocycles. The van der Waals surface area contributed by atoms with E-state index in [0.717, 1.165) is 23.0 Å². The molecule has 2 N–H and O–H groups in total. The number of anilines is 2. The first kappa shape index (κ1) is 26.7. The van der Waals surface area contributed by atoms with Crippen LogP contribution in [0.4, 0.5) is 24.5 Å². The van der Waals surface area contributed by atoms with Crippen LogP contribution in [-0.2, 0) is 12.7 Å². The number of nitrogens with zero attached hydrogens (tertiary/aromatic N) is 5. The molecule has 12 heteroatoms. The Hall–Kier alpha value is -5.52. The molecule has 6 rings (SSSR count). The SMILES string of the molecule is CCn1nccc1C(=O)Nc1cccc(NC(=O)c2cnn3c(C(F)(F)F)cc(-c4cccc5ccccc45)nc23)c1. The molecule has 210 valence electrons. The summed E-state index contributed by atoms with van der Waals surface area (Å²) in [5.74, 6) is -1.10. The van der Waals surface area contributed by atoms with Crippen LogP contribution in [0.1, 0.15) is 33.5 Å². The van der Waals surface area contributed by atoms with Crippen LogP contribution in [0.15, 0.2) is 91.3 Å². The van der Waals surface area contributed by atoms with Crippen LogP contribution < -0.4 is 10.6 Å². The summed E-state index contributed by atoms with van der Waals surface area (Å²) in [6, 6.07) is 21.5. The number of aryl methyl sites for hydroxylation is 1. The van der Waals surface area contributed by atoms with Gasteiger partial charge in [0.1, 0.15) is 11.3 Å². The number of aromatic nitrogens is 5. The summed E-state index contributed by atoms with van der Waals surface area (Å²) in [7, 11) is 0. The zero-order valence-electron chi connectivity index (χ0n) is 22.1. The lowest BCUT2D eigenvalue weighted by atomic mass is 10.0. The Morgan fingerprint density at radius 2 is 1.57 bits per heavy atom. The van der Waals surface area contributed by atoms with Gasteiger partial charge in [0.05, 0.1) is 11.9 Å². The van der Waals surface area contributed by atoms with Crippen molar-refractivity contribution >= 4 is 39.6 Å². The van der Waals surface area contributed by atoms with Crippen molar-refractivity contribution in [3.63, 3.8) is 0 Å². The molecular formula is C30H22F3N7O2. The Bertz CT molecular complexity index is 1970. The third kappa shape index (κ3) is 4.94. The highest BCUT2D eigenvalue weighted by molar-refractivity contribution is 6.09. The van der Waals surface area contributed by atoms with Crippen LogP contribution >= 0.6 is 0 Å². The largest absolute Gasteiger partial charge is 0.433 e. The van der Waals surface area contributed by atoms with E-state index in [1.807, 2.05) is 25.1 Å². The van der Waals surface area contributed by atoms with Crippen molar-refractivity contribution in [1.29, 1.82) is 0 Å². The van der Waals surface area contributed by atoms with Gasteiger partial charge in [-0.1, -0.05) is 48.5 Å². The molecule has 42 heavy (non-hydrogen) atoms. The maximum atomic E-state index is 14.2. The second-order valence-electron chi connectivity index (χ2n) is 9.37. The van der Waals surface area contributed by atoms with Crippen LogP contribution in [0.3, 0.4) is 0 Å². The number of carbonyl (C=O) groups excluding carboxylic acids is 2. The fourth-order valence-corrected chi connectivity index (χ4v) is 4.76. The molecule has 6 aromatic rings. The number of amides is 2. The molecule has 0 radical (unpaired) electrons. The van der Waals surface area contributed by atoms with E-state index in [0.29, 0.717) is 33.7 Å². The number of halogens is 3. The average molecular weight is 570 g/mol. The van der Waals surface area contributed by atoms with Gasteiger partial charge in [0.25, 0.3) is 11.8 Å². The number of alkyl halides is 3. The molecular weight excluding hydrogens is 547 g/mol. The molecule has 0 unspecified atom stereocenters. The predicted octanol–water partition coefficient (Wildman–Crippen LogP) is 6.29. The molecule has 3 aromatic heterocycles. The second-order valence-corrected chi connectivity index (χ2v) is 9.37. The number of hydrogen-bond acceptors (Lipinski definition) is 5. The van der Waals surface area contributed by atoms with Gasteiger partial charge in [0.2, 0.25) is 0 Å². The molecule has 0 bridgehead atoms. The van der Waals surface area contributed by atoms with Crippen LogP contribution in [0, 0.1) is 0 Å². The highest BCUT2D eigenvalue weighted by atomic mass is 19.4. The number of hydrogen-bond donors (Lipinski definition) is 2. The first-order valence-corrected chi connectivity index (χ1v) is 12.9. The summed E-state index contributed by atoms with van der Waals surface area (Å²) in [5, 5.41) is 14.9. The maximum absolute atomic E-state index is 14.2. The molecule has 2 amide bonds. The highest BCUT2D eigenvalue weighted by Gasteiger charge is 2.36. The lowest BCUT2D eigenvalue weighted by molar-refractivity contribution is -0.142. The summed E-state index contributed by atoms with van der Waals surface area (Å²) in [6.07, 6.45) is -2.19. The Morgan fingerprint density at radius 3 is 2.33 bits per heavy atom. The number of benzene rings is 3. The highest BCUT2D eigenvalue weighted by Crippen LogP contribution is 2.35. The second kappa shape index (κ2) is 10.5. The smallest absolute Gasteiger partial charge is 0.322 e. The molecule has 0 saturated heterocycles. The number of fused-ring (bicyclic) bond motifs is 2. The van der Waals surface area contributed by atoms with E-state index in [1.54, 1.807) is 53.2 Å². The zero-order chi connectivity index (χ0) is 29.4. The van der Waals surface area contributed by atoms with Crippen molar-refractivity contribution < 1.29 is 22.8 Å². The molecule has 0 aliphatic rings. The van der Waals surface area contributed by atoms with Gasteiger partial charge >= 0.3 is 6.18 Å². The molecule has 0 spiro atoms. The average Bonchev–Trinajstić information content (AvgIpc) is 3.63. The van der Waals surface area contributed by atoms with E-state index in [-0.39, 0.29) is 22.8 Å². The van der Waals surface area contributed by atoms with E-state index in [9.17, 15) is 22.8 Å². The summed E-state index contributed by atoms with van der Waals surface area (Å²) in [5.41, 5.74) is 0.155. The zero-order valence-corrected chi connectivity index (χ0v) is 22.1. The lowest BCUT2D eigenvalue weighted by Gasteiger charge is -2.13. The van der Waals surface area contributed by atoms with Crippen molar-refractivity contribution in [2.24, 2.45) is 0 Å². The van der Waals surface area contributed by atoms with Gasteiger partial charge < -0.3 is 10.6 Å². The maximum Gasteiger partial charge on any atom is 0.433 e. The normalized spacial score (nSPS) is 11.6. The quantitative estimate of drug-likeness (QED) is 0.245. The molecule has 0 atom stereocenters. The summed E-state index contributed by atoms with van der Waals surface area (Å²) in [6.45, 7) is 2.37. The van der Waals surface area contributed by atoms with E-state index in [2.05, 4.69) is 25.8 Å². The van der Waals surface area contributed by atoms with Crippen LogP contribution in [0.5, 0.6) is 0 Å². The minimum atomic E-state index is -4.76. The van der Waals surface area contributed by atoms with E-state index < -0.39 is 17.8 Å². The molecule has 9 nitrogen and oxygen atoms in total. The van der Waals surface area contributed by atoms with E-state index >= 15 is 0 Å². The summed E-state index contributed by atoms with van der Waals surface area (Å²) < 4.78 is 44.6. The third-order valence-electron chi connectivity index (χ3n) is 6.70. The first-order valence-electron chi connectivity index (χ1n) is 12.9. The lowest BCUT2D eigenvalue weighted by Crippen LogP contribution is -2.18. The Labute approximate surface area is 236 Å². The van der Waals surface area contributed by atoms with Gasteiger partial charge in [0, 0.05) is 29.7 Å². The topological polar surface area (TPSA) is 106 Å². The van der Waals surface area contributed by atoms with Gasteiger partial charge in [-0.05, 0) is 48.0 Å². The minimum Gasteiger partial charge on any atom is -0.322 e. The van der Waals surface area contributed by atoms with Gasteiger partial charge in [-0.25, -0.2) is 9.50 Å². The fraction of sp³-hybridized carbons (Fsp3) is 0.100. The summed E-state index contributed by atoms with van der Waals surface area (Å²) in [4.78, 5) is 30.5. The van der Waals surface area contributed by atoms with Gasteiger partial charge in [0.15, 0.2) is 11.3 Å². The van der Waals surface area contributed by atoms with E-state index in [4.69, 9.17) is 0 Å². The monoisotopic (exact) mass is 569 g/mol. The Kier molecular flexibility index (Phi) is 6.65. The molecule has 0 saturated carbocycles. The number of carbonyl (C=O) groups is 2. The Balaban J connectivity index is 1.35. The molecule has 0 aliphatic carbocycles. The van der Waals surface area contributed by atoms with Gasteiger partial charge in [-0.3, -0.25) is 14.3 Å². The fourth-order valence-electron chi connectivity index (χ4n) is 4.76. The predicted molar refractivity (Wildman–Crippen MR) is 151 cm³/mol. The van der Waals surface area contributed by atoms with Crippen molar-refractivity contribution in [2.75, 3.05) is 10.6 Å². The minimum absolute atomic E-state index is 0.0530. The van der Waals surface area contributed by atoms with Crippen LogP contribution in [-0.4, -0.2) is 36.2 Å². The van der Waals surface area contributed by atoms with E-state index in [1.165, 1.54) is 12.3 Å². The number of nitrogens with one attached hydrogen (secondary N) is 2. The van der Waals surface area contributed by atoms with Gasteiger partial charge in [-0.2, -0.15) is 23.4 Å². The van der Waals surface area contributed by atoms with Crippen molar-refractivity contribution in [3.05, 3.63) is 108 Å². The van der Waals surface area contributed by atoms with Crippen molar-refractivity contribution in [3.8, 4) is 11.3 Å². The molecule has 3 heterocycles. The Morgan fingerprint density at radius 1 is 0.857 bits per heavy atom. The van der Waals surface area contributed by atoms with Crippen LogP contribution in [0.2, 0.25) is 0 Å². The summed E-state index contributed by atoms with van der Waals surface area (Å²) >= 11 is 0.